The molecule has 2 amide bonds. The SMILES string of the molecule is CC(=O)N1C[C@H]2CN(C(=O)Cc3cccc(F)c3F)C[C@H]2[C@H]1c1cccc(F)c1. The van der Waals surface area contributed by atoms with Crippen LogP contribution in [0.3, 0.4) is 0 Å². The van der Waals surface area contributed by atoms with E-state index in [1.807, 2.05) is 0 Å². The molecular formula is C22H21F3N2O2. The molecule has 0 saturated carbocycles. The third kappa shape index (κ3) is 3.61. The summed E-state index contributed by atoms with van der Waals surface area (Å²) < 4.78 is 41.1. The van der Waals surface area contributed by atoms with Gasteiger partial charge in [0.1, 0.15) is 5.82 Å². The molecule has 2 aromatic carbocycles. The van der Waals surface area contributed by atoms with Gasteiger partial charge in [-0.25, -0.2) is 13.2 Å². The number of likely N-dealkylation sites (tertiary alicyclic amines) is 2. The minimum absolute atomic E-state index is 0.0259. The molecule has 2 saturated heterocycles. The number of carbonyl (C=O) groups is 2. The molecule has 0 N–H and O–H groups in total. The van der Waals surface area contributed by atoms with Gasteiger partial charge < -0.3 is 9.80 Å². The molecule has 0 unspecified atom stereocenters. The van der Waals surface area contributed by atoms with Crippen molar-refractivity contribution in [1.82, 2.24) is 9.80 Å². The second kappa shape index (κ2) is 7.54. The fourth-order valence-corrected chi connectivity index (χ4v) is 4.65. The molecule has 152 valence electrons. The number of hydrogen-bond acceptors (Lipinski definition) is 2. The van der Waals surface area contributed by atoms with Gasteiger partial charge in [-0.3, -0.25) is 9.59 Å². The van der Waals surface area contributed by atoms with Gasteiger partial charge in [0, 0.05) is 44.0 Å². The van der Waals surface area contributed by atoms with E-state index in [2.05, 4.69) is 0 Å². The lowest BCUT2D eigenvalue weighted by Crippen LogP contribution is -2.37. The molecule has 2 aromatic rings. The van der Waals surface area contributed by atoms with Crippen molar-refractivity contribution in [2.45, 2.75) is 19.4 Å². The van der Waals surface area contributed by atoms with Gasteiger partial charge in [-0.05, 0) is 23.8 Å². The number of fused-ring (bicyclic) bond motifs is 1. The Kier molecular flexibility index (Phi) is 5.06. The number of amides is 2. The monoisotopic (exact) mass is 402 g/mol. The fraction of sp³-hybridized carbons (Fsp3) is 0.364. The van der Waals surface area contributed by atoms with E-state index in [9.17, 15) is 22.8 Å². The zero-order chi connectivity index (χ0) is 20.7. The summed E-state index contributed by atoms with van der Waals surface area (Å²) >= 11 is 0. The Balaban J connectivity index is 1.54. The molecule has 2 aliphatic heterocycles. The Morgan fingerprint density at radius 1 is 1.03 bits per heavy atom. The average Bonchev–Trinajstić information content (AvgIpc) is 3.23. The first-order valence-electron chi connectivity index (χ1n) is 9.58. The van der Waals surface area contributed by atoms with Crippen molar-refractivity contribution < 1.29 is 22.8 Å². The molecular weight excluding hydrogens is 381 g/mol. The van der Waals surface area contributed by atoms with Crippen molar-refractivity contribution in [3.8, 4) is 0 Å². The van der Waals surface area contributed by atoms with Gasteiger partial charge in [0.05, 0.1) is 12.5 Å². The largest absolute Gasteiger partial charge is 0.342 e. The van der Waals surface area contributed by atoms with Crippen LogP contribution in [0, 0.1) is 29.3 Å². The van der Waals surface area contributed by atoms with Crippen molar-refractivity contribution in [1.29, 1.82) is 0 Å². The van der Waals surface area contributed by atoms with Crippen molar-refractivity contribution in [3.05, 3.63) is 71.0 Å². The summed E-state index contributed by atoms with van der Waals surface area (Å²) in [5.41, 5.74) is 0.734. The molecule has 3 atom stereocenters. The van der Waals surface area contributed by atoms with E-state index in [0.717, 1.165) is 6.07 Å². The normalized spacial score (nSPS) is 23.4. The lowest BCUT2D eigenvalue weighted by atomic mass is 9.89. The number of rotatable bonds is 3. The van der Waals surface area contributed by atoms with Gasteiger partial charge in [-0.2, -0.15) is 0 Å². The highest BCUT2D eigenvalue weighted by Crippen LogP contribution is 2.45. The van der Waals surface area contributed by atoms with Crippen molar-refractivity contribution >= 4 is 11.8 Å². The summed E-state index contributed by atoms with van der Waals surface area (Å²) in [5.74, 6) is -2.68. The van der Waals surface area contributed by atoms with Crippen molar-refractivity contribution in [3.63, 3.8) is 0 Å². The van der Waals surface area contributed by atoms with Crippen LogP contribution >= 0.6 is 0 Å². The summed E-state index contributed by atoms with van der Waals surface area (Å²) in [7, 11) is 0. The molecule has 4 rings (SSSR count). The van der Waals surface area contributed by atoms with Crippen LogP contribution in [0.25, 0.3) is 0 Å². The highest BCUT2D eigenvalue weighted by molar-refractivity contribution is 5.79. The predicted molar refractivity (Wildman–Crippen MR) is 100 cm³/mol. The van der Waals surface area contributed by atoms with Crippen molar-refractivity contribution in [2.24, 2.45) is 11.8 Å². The predicted octanol–water partition coefficient (Wildman–Crippen LogP) is 3.32. The van der Waals surface area contributed by atoms with Gasteiger partial charge in [0.15, 0.2) is 11.6 Å². The van der Waals surface area contributed by atoms with E-state index >= 15 is 0 Å². The summed E-state index contributed by atoms with van der Waals surface area (Å²) in [4.78, 5) is 28.2. The first kappa shape index (κ1) is 19.5. The summed E-state index contributed by atoms with van der Waals surface area (Å²) in [5, 5.41) is 0. The number of nitrogens with zero attached hydrogens (tertiary/aromatic N) is 2. The lowest BCUT2D eigenvalue weighted by Gasteiger charge is -2.29. The van der Waals surface area contributed by atoms with Crippen LogP contribution in [-0.2, 0) is 16.0 Å². The number of carbonyl (C=O) groups excluding carboxylic acids is 2. The second-order valence-corrected chi connectivity index (χ2v) is 7.78. The molecule has 0 spiro atoms. The van der Waals surface area contributed by atoms with Crippen LogP contribution in [0.15, 0.2) is 42.5 Å². The summed E-state index contributed by atoms with van der Waals surface area (Å²) in [6.45, 7) is 2.81. The summed E-state index contributed by atoms with van der Waals surface area (Å²) in [6.07, 6.45) is -0.218. The Labute approximate surface area is 166 Å². The zero-order valence-electron chi connectivity index (χ0n) is 15.9. The average molecular weight is 402 g/mol. The Hall–Kier alpha value is -2.83. The van der Waals surface area contributed by atoms with E-state index in [4.69, 9.17) is 0 Å². The third-order valence-corrected chi connectivity index (χ3v) is 5.98. The maximum absolute atomic E-state index is 13.9. The standard InChI is InChI=1S/C22H21F3N2O2/c1-13(28)27-11-16-10-26(20(29)9-14-4-3-7-19(24)21(14)25)12-18(16)22(27)15-5-2-6-17(23)8-15/h2-8,16,18,22H,9-12H2,1H3/t16-,18-,22-/m1/s1. The van der Waals surface area contributed by atoms with Gasteiger partial charge in [0.2, 0.25) is 11.8 Å². The van der Waals surface area contributed by atoms with Crippen LogP contribution < -0.4 is 0 Å². The minimum Gasteiger partial charge on any atom is -0.342 e. The molecule has 2 aliphatic rings. The zero-order valence-corrected chi connectivity index (χ0v) is 15.9. The van der Waals surface area contributed by atoms with E-state index in [1.165, 1.54) is 31.2 Å². The Bertz CT molecular complexity index is 965. The highest BCUT2D eigenvalue weighted by Gasteiger charge is 2.49. The van der Waals surface area contributed by atoms with Gasteiger partial charge in [0.25, 0.3) is 0 Å². The molecule has 0 aromatic heterocycles. The van der Waals surface area contributed by atoms with Crippen LogP contribution in [0.1, 0.15) is 24.1 Å². The van der Waals surface area contributed by atoms with Crippen LogP contribution in [0.5, 0.6) is 0 Å². The summed E-state index contributed by atoms with van der Waals surface area (Å²) in [6, 6.07) is 9.67. The first-order chi connectivity index (χ1) is 13.8. The Morgan fingerprint density at radius 3 is 2.52 bits per heavy atom. The maximum Gasteiger partial charge on any atom is 0.227 e. The molecule has 0 bridgehead atoms. The molecule has 2 fully saturated rings. The molecule has 2 heterocycles. The number of halogens is 3. The second-order valence-electron chi connectivity index (χ2n) is 7.78. The highest BCUT2D eigenvalue weighted by atomic mass is 19.2. The molecule has 0 radical (unpaired) electrons. The molecule has 0 aliphatic carbocycles. The van der Waals surface area contributed by atoms with E-state index in [-0.39, 0.29) is 47.5 Å². The molecule has 4 nitrogen and oxygen atoms in total. The van der Waals surface area contributed by atoms with E-state index < -0.39 is 11.6 Å². The Morgan fingerprint density at radius 2 is 1.79 bits per heavy atom. The van der Waals surface area contributed by atoms with Crippen LogP contribution in [0.2, 0.25) is 0 Å². The van der Waals surface area contributed by atoms with Gasteiger partial charge in [-0.15, -0.1) is 0 Å². The topological polar surface area (TPSA) is 40.6 Å². The van der Waals surface area contributed by atoms with Crippen LogP contribution in [-0.4, -0.2) is 41.2 Å². The quantitative estimate of drug-likeness (QED) is 0.790. The molecule has 29 heavy (non-hydrogen) atoms. The lowest BCUT2D eigenvalue weighted by molar-refractivity contribution is -0.131. The number of benzene rings is 2. The van der Waals surface area contributed by atoms with Gasteiger partial charge >= 0.3 is 0 Å². The first-order valence-corrected chi connectivity index (χ1v) is 9.58. The smallest absolute Gasteiger partial charge is 0.227 e. The number of hydrogen-bond donors (Lipinski definition) is 0. The third-order valence-electron chi connectivity index (χ3n) is 5.98. The van der Waals surface area contributed by atoms with E-state index in [1.54, 1.807) is 21.9 Å². The minimum atomic E-state index is -0.999. The maximum atomic E-state index is 13.9. The fourth-order valence-electron chi connectivity index (χ4n) is 4.65. The van der Waals surface area contributed by atoms with Gasteiger partial charge in [-0.1, -0.05) is 24.3 Å². The molecule has 7 heteroatoms. The van der Waals surface area contributed by atoms with Crippen LogP contribution in [0.4, 0.5) is 13.2 Å². The van der Waals surface area contributed by atoms with E-state index in [0.29, 0.717) is 25.2 Å². The van der Waals surface area contributed by atoms with Crippen molar-refractivity contribution in [2.75, 3.05) is 19.6 Å².